The van der Waals surface area contributed by atoms with Crippen molar-refractivity contribution in [2.24, 2.45) is 0 Å². The summed E-state index contributed by atoms with van der Waals surface area (Å²) in [7, 11) is -3.59. The van der Waals surface area contributed by atoms with Gasteiger partial charge in [0.2, 0.25) is 15.0 Å². The molecule has 0 aliphatic rings. The number of carboxylic acid groups (broad SMARTS) is 1. The molecular weight excluding hydrogens is 244 g/mol. The Bertz CT molecular complexity index is 503. The van der Waals surface area contributed by atoms with Gasteiger partial charge in [-0.1, -0.05) is 11.6 Å². The lowest BCUT2D eigenvalue weighted by molar-refractivity contribution is 0.0695. The number of hydrogen-bond acceptors (Lipinski definition) is 5. The minimum absolute atomic E-state index is 0.0166. The lowest BCUT2D eigenvalue weighted by Crippen LogP contribution is -2.11. The number of aromatic nitrogens is 2. The van der Waals surface area contributed by atoms with Crippen LogP contribution in [0.5, 0.6) is 0 Å². The maximum Gasteiger partial charge on any atom is 0.340 e. The van der Waals surface area contributed by atoms with Crippen molar-refractivity contribution in [3.05, 3.63) is 16.4 Å². The van der Waals surface area contributed by atoms with E-state index in [1.165, 1.54) is 6.92 Å². The van der Waals surface area contributed by atoms with E-state index >= 15 is 0 Å². The van der Waals surface area contributed by atoms with Crippen molar-refractivity contribution in [2.75, 3.05) is 6.26 Å². The standard InChI is InChI=1S/C7H7ClN2O4S/c1-3-4(6(11)12)5(8)10-7(9-3)15(2,13)14/h1-2H3,(H,11,12). The van der Waals surface area contributed by atoms with Gasteiger partial charge < -0.3 is 5.11 Å². The molecule has 0 atom stereocenters. The Balaban J connectivity index is 3.52. The molecule has 6 nitrogen and oxygen atoms in total. The molecule has 0 unspecified atom stereocenters. The van der Waals surface area contributed by atoms with E-state index in [0.717, 1.165) is 6.26 Å². The van der Waals surface area contributed by atoms with Gasteiger partial charge >= 0.3 is 5.97 Å². The van der Waals surface area contributed by atoms with Crippen LogP contribution in [-0.4, -0.2) is 35.7 Å². The van der Waals surface area contributed by atoms with E-state index in [-0.39, 0.29) is 16.4 Å². The normalized spacial score (nSPS) is 11.4. The van der Waals surface area contributed by atoms with E-state index in [2.05, 4.69) is 9.97 Å². The molecule has 0 aliphatic heterocycles. The zero-order valence-corrected chi connectivity index (χ0v) is 9.43. The number of nitrogens with zero attached hydrogens (tertiary/aromatic N) is 2. The fraction of sp³-hybridized carbons (Fsp3) is 0.286. The molecule has 0 bridgehead atoms. The average Bonchev–Trinajstić information content (AvgIpc) is 1.99. The van der Waals surface area contributed by atoms with Crippen molar-refractivity contribution in [2.45, 2.75) is 12.1 Å². The van der Waals surface area contributed by atoms with Crippen LogP contribution in [-0.2, 0) is 9.84 Å². The predicted molar refractivity (Wildman–Crippen MR) is 51.8 cm³/mol. The lowest BCUT2D eigenvalue weighted by Gasteiger charge is -2.04. The molecule has 15 heavy (non-hydrogen) atoms. The van der Waals surface area contributed by atoms with E-state index in [0.29, 0.717) is 0 Å². The first-order chi connectivity index (χ1) is 6.73. The van der Waals surface area contributed by atoms with Crippen LogP contribution in [0.2, 0.25) is 5.15 Å². The third kappa shape index (κ3) is 2.42. The van der Waals surface area contributed by atoms with Crippen LogP contribution < -0.4 is 0 Å². The summed E-state index contributed by atoms with van der Waals surface area (Å²) in [6, 6.07) is 0. The fourth-order valence-corrected chi connectivity index (χ4v) is 1.83. The van der Waals surface area contributed by atoms with E-state index in [1.54, 1.807) is 0 Å². The quantitative estimate of drug-likeness (QED) is 0.608. The lowest BCUT2D eigenvalue weighted by atomic mass is 10.2. The molecule has 1 rings (SSSR count). The summed E-state index contributed by atoms with van der Waals surface area (Å²) in [6.45, 7) is 1.35. The van der Waals surface area contributed by atoms with Crippen LogP contribution in [0, 0.1) is 6.92 Å². The number of rotatable bonds is 2. The largest absolute Gasteiger partial charge is 0.478 e. The Morgan fingerprint density at radius 1 is 1.40 bits per heavy atom. The topological polar surface area (TPSA) is 97.2 Å². The highest BCUT2D eigenvalue weighted by Crippen LogP contribution is 2.17. The van der Waals surface area contributed by atoms with Gasteiger partial charge in [-0.2, -0.15) is 0 Å². The summed E-state index contributed by atoms with van der Waals surface area (Å²) >= 11 is 5.54. The molecule has 1 heterocycles. The van der Waals surface area contributed by atoms with Gasteiger partial charge in [0.25, 0.3) is 0 Å². The SMILES string of the molecule is Cc1nc(S(C)(=O)=O)nc(Cl)c1C(=O)O. The van der Waals surface area contributed by atoms with Crippen molar-refractivity contribution in [3.63, 3.8) is 0 Å². The van der Waals surface area contributed by atoms with Gasteiger partial charge in [0.1, 0.15) is 10.7 Å². The maximum atomic E-state index is 11.1. The van der Waals surface area contributed by atoms with Crippen molar-refractivity contribution in [1.82, 2.24) is 9.97 Å². The molecule has 1 N–H and O–H groups in total. The summed E-state index contributed by atoms with van der Waals surface area (Å²) in [4.78, 5) is 17.7. The zero-order valence-electron chi connectivity index (χ0n) is 7.85. The first-order valence-electron chi connectivity index (χ1n) is 3.71. The zero-order chi connectivity index (χ0) is 11.8. The molecule has 0 saturated heterocycles. The second-order valence-corrected chi connectivity index (χ2v) is 5.10. The van der Waals surface area contributed by atoms with Gasteiger partial charge in [-0.3, -0.25) is 0 Å². The van der Waals surface area contributed by atoms with Crippen molar-refractivity contribution in [3.8, 4) is 0 Å². The molecule has 0 saturated carbocycles. The van der Waals surface area contributed by atoms with E-state index in [9.17, 15) is 13.2 Å². The number of hydrogen-bond donors (Lipinski definition) is 1. The van der Waals surface area contributed by atoms with Crippen LogP contribution in [0.25, 0.3) is 0 Å². The highest BCUT2D eigenvalue weighted by Gasteiger charge is 2.20. The second kappa shape index (κ2) is 3.74. The Morgan fingerprint density at radius 3 is 2.27 bits per heavy atom. The number of carboxylic acids is 1. The third-order valence-electron chi connectivity index (χ3n) is 1.57. The van der Waals surface area contributed by atoms with Gasteiger partial charge in [-0.05, 0) is 6.92 Å². The maximum absolute atomic E-state index is 11.1. The number of aromatic carboxylic acids is 1. The number of aryl methyl sites for hydroxylation is 1. The third-order valence-corrected chi connectivity index (χ3v) is 2.69. The van der Waals surface area contributed by atoms with Crippen LogP contribution in [0.4, 0.5) is 0 Å². The summed E-state index contributed by atoms with van der Waals surface area (Å²) in [6.07, 6.45) is 0.915. The van der Waals surface area contributed by atoms with Gasteiger partial charge in [-0.25, -0.2) is 23.2 Å². The first kappa shape index (κ1) is 11.9. The molecule has 1 aromatic rings. The predicted octanol–water partition coefficient (Wildman–Crippen LogP) is 0.540. The molecule has 0 spiro atoms. The highest BCUT2D eigenvalue weighted by molar-refractivity contribution is 7.90. The minimum atomic E-state index is -3.59. The Labute approximate surface area is 90.8 Å². The summed E-state index contributed by atoms with van der Waals surface area (Å²) in [5, 5.41) is 7.87. The van der Waals surface area contributed by atoms with Crippen molar-refractivity contribution in [1.29, 1.82) is 0 Å². The van der Waals surface area contributed by atoms with Crippen LogP contribution in [0.15, 0.2) is 5.16 Å². The van der Waals surface area contributed by atoms with Crippen LogP contribution >= 0.6 is 11.6 Å². The van der Waals surface area contributed by atoms with Gasteiger partial charge in [-0.15, -0.1) is 0 Å². The van der Waals surface area contributed by atoms with Gasteiger partial charge in [0, 0.05) is 6.26 Å². The number of halogens is 1. The number of carbonyl (C=O) groups is 1. The molecule has 8 heteroatoms. The van der Waals surface area contributed by atoms with Crippen LogP contribution in [0.1, 0.15) is 16.1 Å². The summed E-state index contributed by atoms with van der Waals surface area (Å²) in [5.74, 6) is -1.29. The van der Waals surface area contributed by atoms with Crippen molar-refractivity contribution >= 4 is 27.4 Å². The molecule has 0 radical (unpaired) electrons. The molecule has 0 aliphatic carbocycles. The Hall–Kier alpha value is -1.21. The van der Waals surface area contributed by atoms with Gasteiger partial charge in [0.05, 0.1) is 5.69 Å². The summed E-state index contributed by atoms with van der Waals surface area (Å²) < 4.78 is 22.2. The first-order valence-corrected chi connectivity index (χ1v) is 5.98. The monoisotopic (exact) mass is 250 g/mol. The molecule has 0 amide bonds. The Kier molecular flexibility index (Phi) is 2.96. The average molecular weight is 251 g/mol. The molecule has 0 aromatic carbocycles. The van der Waals surface area contributed by atoms with E-state index in [1.807, 2.05) is 0 Å². The van der Waals surface area contributed by atoms with Crippen LogP contribution in [0.3, 0.4) is 0 Å². The van der Waals surface area contributed by atoms with E-state index in [4.69, 9.17) is 16.7 Å². The molecule has 0 fully saturated rings. The summed E-state index contributed by atoms with van der Waals surface area (Å²) in [5.41, 5.74) is -0.271. The molecule has 82 valence electrons. The Morgan fingerprint density at radius 2 is 1.93 bits per heavy atom. The number of sulfone groups is 1. The highest BCUT2D eigenvalue weighted by atomic mass is 35.5. The van der Waals surface area contributed by atoms with E-state index < -0.39 is 21.0 Å². The minimum Gasteiger partial charge on any atom is -0.478 e. The smallest absolute Gasteiger partial charge is 0.340 e. The molecular formula is C7H7ClN2O4S. The second-order valence-electron chi connectivity index (χ2n) is 2.83. The van der Waals surface area contributed by atoms with Gasteiger partial charge in [0.15, 0.2) is 0 Å². The fourth-order valence-electron chi connectivity index (χ4n) is 0.922. The molecule has 1 aromatic heterocycles. The van der Waals surface area contributed by atoms with Crippen molar-refractivity contribution < 1.29 is 18.3 Å².